The number of methoxy groups -OCH3 is 1. The normalized spacial score (nSPS) is 11.6. The van der Waals surface area contributed by atoms with Crippen molar-refractivity contribution in [2.24, 2.45) is 0 Å². The summed E-state index contributed by atoms with van der Waals surface area (Å²) in [4.78, 5) is 23.9. The highest BCUT2D eigenvalue weighted by atomic mass is 35.5. The van der Waals surface area contributed by atoms with E-state index in [2.05, 4.69) is 5.32 Å². The third-order valence-corrected chi connectivity index (χ3v) is 4.52. The lowest BCUT2D eigenvalue weighted by Gasteiger charge is -2.16. The maximum absolute atomic E-state index is 12.0. The van der Waals surface area contributed by atoms with Gasteiger partial charge in [0.25, 0.3) is 5.91 Å². The smallest absolute Gasteiger partial charge is 0.306 e. The quantitative estimate of drug-likeness (QED) is 0.657. The fourth-order valence-electron chi connectivity index (χ4n) is 2.58. The molecule has 27 heavy (non-hydrogen) atoms. The van der Waals surface area contributed by atoms with Crippen LogP contribution in [0.25, 0.3) is 0 Å². The Morgan fingerprint density at radius 3 is 2.59 bits per heavy atom. The molecule has 0 spiro atoms. The van der Waals surface area contributed by atoms with Gasteiger partial charge in [0, 0.05) is 16.5 Å². The Labute approximate surface area is 168 Å². The Bertz CT molecular complexity index is 810. The van der Waals surface area contributed by atoms with Gasteiger partial charge in [-0.15, -0.1) is 0 Å². The molecule has 0 saturated carbocycles. The molecular formula is C20H21Cl2NO4. The van der Waals surface area contributed by atoms with Crippen LogP contribution in [0.1, 0.15) is 30.5 Å². The third-order valence-electron chi connectivity index (χ3n) is 3.96. The Hall–Kier alpha value is -2.24. The molecule has 5 nitrogen and oxygen atoms in total. The first kappa shape index (κ1) is 21.1. The monoisotopic (exact) mass is 409 g/mol. The molecule has 0 aliphatic heterocycles. The first-order valence-corrected chi connectivity index (χ1v) is 9.18. The van der Waals surface area contributed by atoms with Gasteiger partial charge >= 0.3 is 5.97 Å². The lowest BCUT2D eigenvalue weighted by atomic mass is 10.1. The Kier molecular flexibility index (Phi) is 7.95. The molecule has 1 amide bonds. The molecule has 1 N–H and O–H groups in total. The van der Waals surface area contributed by atoms with Crippen LogP contribution in [0.3, 0.4) is 0 Å². The molecule has 2 aromatic rings. The van der Waals surface area contributed by atoms with E-state index in [0.717, 1.165) is 16.9 Å². The number of aryl methyl sites for hydroxylation is 1. The zero-order valence-corrected chi connectivity index (χ0v) is 16.6. The highest BCUT2D eigenvalue weighted by Gasteiger charge is 2.15. The number of rotatable bonds is 8. The van der Waals surface area contributed by atoms with E-state index in [1.54, 1.807) is 32.2 Å². The molecule has 1 atom stereocenters. The average Bonchev–Trinajstić information content (AvgIpc) is 2.64. The van der Waals surface area contributed by atoms with E-state index in [4.69, 9.17) is 32.7 Å². The molecule has 0 heterocycles. The van der Waals surface area contributed by atoms with Gasteiger partial charge in [0.05, 0.1) is 13.2 Å². The van der Waals surface area contributed by atoms with Crippen molar-refractivity contribution in [1.29, 1.82) is 0 Å². The summed E-state index contributed by atoms with van der Waals surface area (Å²) in [6.45, 7) is 1.44. The Morgan fingerprint density at radius 1 is 1.15 bits per heavy atom. The molecule has 144 valence electrons. The van der Waals surface area contributed by atoms with E-state index in [-0.39, 0.29) is 19.1 Å². The van der Waals surface area contributed by atoms with Crippen LogP contribution < -0.4 is 10.1 Å². The van der Waals surface area contributed by atoms with Gasteiger partial charge in [-0.2, -0.15) is 0 Å². The van der Waals surface area contributed by atoms with Crippen LogP contribution in [0.4, 0.5) is 0 Å². The van der Waals surface area contributed by atoms with Crippen LogP contribution >= 0.6 is 23.2 Å². The number of amides is 1. The van der Waals surface area contributed by atoms with E-state index in [1.807, 2.05) is 24.3 Å². The van der Waals surface area contributed by atoms with Crippen molar-refractivity contribution in [3.05, 3.63) is 63.6 Å². The molecular weight excluding hydrogens is 389 g/mol. The summed E-state index contributed by atoms with van der Waals surface area (Å²) in [5, 5.41) is 3.72. The number of carbonyl (C=O) groups excluding carboxylic acids is 2. The molecule has 0 aliphatic rings. The van der Waals surface area contributed by atoms with E-state index < -0.39 is 11.9 Å². The van der Waals surface area contributed by atoms with Crippen molar-refractivity contribution in [3.63, 3.8) is 0 Å². The number of benzene rings is 2. The highest BCUT2D eigenvalue weighted by molar-refractivity contribution is 6.35. The summed E-state index contributed by atoms with van der Waals surface area (Å²) in [6.07, 6.45) is 0.632. The summed E-state index contributed by atoms with van der Waals surface area (Å²) in [7, 11) is 1.58. The second-order valence-corrected chi connectivity index (χ2v) is 6.77. The summed E-state index contributed by atoms with van der Waals surface area (Å²) in [5.41, 5.74) is 1.64. The summed E-state index contributed by atoms with van der Waals surface area (Å²) < 4.78 is 10.3. The van der Waals surface area contributed by atoms with Crippen molar-refractivity contribution >= 4 is 35.1 Å². The molecule has 2 aromatic carbocycles. The number of esters is 1. The number of nitrogens with one attached hydrogen (secondary N) is 1. The van der Waals surface area contributed by atoms with Crippen LogP contribution in [-0.4, -0.2) is 25.6 Å². The van der Waals surface area contributed by atoms with Crippen LogP contribution in [-0.2, 0) is 20.7 Å². The molecule has 0 saturated heterocycles. The molecule has 0 aromatic heterocycles. The molecule has 0 unspecified atom stereocenters. The lowest BCUT2D eigenvalue weighted by molar-refractivity contribution is -0.148. The SMILES string of the molecule is COc1ccccc1CCC(=O)OCC(=O)N[C@@H](C)c1ccc(Cl)cc1Cl. The minimum absolute atomic E-state index is 0.159. The van der Waals surface area contributed by atoms with Crippen molar-refractivity contribution in [2.75, 3.05) is 13.7 Å². The van der Waals surface area contributed by atoms with Gasteiger partial charge in [0.15, 0.2) is 6.61 Å². The molecule has 0 fully saturated rings. The topological polar surface area (TPSA) is 64.6 Å². The van der Waals surface area contributed by atoms with Crippen LogP contribution in [0, 0.1) is 0 Å². The van der Waals surface area contributed by atoms with Gasteiger partial charge in [0.1, 0.15) is 5.75 Å². The zero-order chi connectivity index (χ0) is 19.8. The van der Waals surface area contributed by atoms with Gasteiger partial charge in [-0.1, -0.05) is 47.5 Å². The van der Waals surface area contributed by atoms with Crippen LogP contribution in [0.2, 0.25) is 10.0 Å². The first-order chi connectivity index (χ1) is 12.9. The second kappa shape index (κ2) is 10.2. The van der Waals surface area contributed by atoms with Crippen LogP contribution in [0.5, 0.6) is 5.75 Å². The number of ether oxygens (including phenoxy) is 2. The summed E-state index contributed by atoms with van der Waals surface area (Å²) in [5.74, 6) is -0.135. The largest absolute Gasteiger partial charge is 0.496 e. The van der Waals surface area contributed by atoms with Crippen molar-refractivity contribution < 1.29 is 19.1 Å². The molecule has 0 radical (unpaired) electrons. The van der Waals surface area contributed by atoms with Gasteiger partial charge in [-0.05, 0) is 42.7 Å². The van der Waals surface area contributed by atoms with Crippen molar-refractivity contribution in [1.82, 2.24) is 5.32 Å². The van der Waals surface area contributed by atoms with Crippen LogP contribution in [0.15, 0.2) is 42.5 Å². The number of hydrogen-bond donors (Lipinski definition) is 1. The second-order valence-electron chi connectivity index (χ2n) is 5.93. The van der Waals surface area contributed by atoms with Gasteiger partial charge in [0.2, 0.25) is 0 Å². The Balaban J connectivity index is 1.78. The molecule has 2 rings (SSSR count). The average molecular weight is 410 g/mol. The predicted octanol–water partition coefficient (Wildman–Crippen LogP) is 4.36. The van der Waals surface area contributed by atoms with E-state index in [9.17, 15) is 9.59 Å². The third kappa shape index (κ3) is 6.45. The van der Waals surface area contributed by atoms with Gasteiger partial charge < -0.3 is 14.8 Å². The molecule has 0 bridgehead atoms. The minimum Gasteiger partial charge on any atom is -0.496 e. The number of carbonyl (C=O) groups is 2. The maximum atomic E-state index is 12.0. The van der Waals surface area contributed by atoms with Crippen molar-refractivity contribution in [3.8, 4) is 5.75 Å². The standard InChI is InChI=1S/C20H21Cl2NO4/c1-13(16-9-8-15(21)11-17(16)22)23-19(24)12-27-20(25)10-7-14-5-3-4-6-18(14)26-2/h3-6,8-9,11,13H,7,10,12H2,1-2H3,(H,23,24)/t13-/m0/s1. The Morgan fingerprint density at radius 2 is 1.89 bits per heavy atom. The zero-order valence-electron chi connectivity index (χ0n) is 15.1. The van der Waals surface area contributed by atoms with Gasteiger partial charge in [-0.25, -0.2) is 0 Å². The summed E-state index contributed by atoms with van der Waals surface area (Å²) >= 11 is 12.0. The number of para-hydroxylation sites is 1. The van der Waals surface area contributed by atoms with E-state index in [1.165, 1.54) is 0 Å². The van der Waals surface area contributed by atoms with E-state index >= 15 is 0 Å². The fourth-order valence-corrected chi connectivity index (χ4v) is 3.15. The first-order valence-electron chi connectivity index (χ1n) is 8.42. The molecule has 0 aliphatic carbocycles. The van der Waals surface area contributed by atoms with Gasteiger partial charge in [-0.3, -0.25) is 9.59 Å². The highest BCUT2D eigenvalue weighted by Crippen LogP contribution is 2.26. The fraction of sp³-hybridized carbons (Fsp3) is 0.300. The van der Waals surface area contributed by atoms with E-state index in [0.29, 0.717) is 16.5 Å². The molecule has 7 heteroatoms. The maximum Gasteiger partial charge on any atom is 0.306 e. The predicted molar refractivity (Wildman–Crippen MR) is 105 cm³/mol. The number of hydrogen-bond acceptors (Lipinski definition) is 4. The summed E-state index contributed by atoms with van der Waals surface area (Å²) in [6, 6.07) is 12.2. The minimum atomic E-state index is -0.451. The van der Waals surface area contributed by atoms with Crippen molar-refractivity contribution in [2.45, 2.75) is 25.8 Å². The lowest BCUT2D eigenvalue weighted by Crippen LogP contribution is -2.31. The number of halogens is 2.